The van der Waals surface area contributed by atoms with Crippen LogP contribution < -0.4 is 9.50 Å². The zero-order valence-electron chi connectivity index (χ0n) is 16.7. The average Bonchev–Trinajstić information content (AvgIpc) is 3.22. The van der Waals surface area contributed by atoms with Crippen LogP contribution >= 0.6 is 0 Å². The Balaban J connectivity index is 1.92. The van der Waals surface area contributed by atoms with Gasteiger partial charge in [0.05, 0.1) is 11.6 Å². The van der Waals surface area contributed by atoms with Crippen molar-refractivity contribution in [3.63, 3.8) is 0 Å². The highest BCUT2D eigenvalue weighted by molar-refractivity contribution is 7.88. The average molecular weight is 510 g/mol. The van der Waals surface area contributed by atoms with E-state index >= 15 is 0 Å². The third kappa shape index (κ3) is 5.41. The van der Waals surface area contributed by atoms with Crippen LogP contribution in [0.1, 0.15) is 34.7 Å². The van der Waals surface area contributed by atoms with Gasteiger partial charge in [0.1, 0.15) is 12.1 Å². The van der Waals surface area contributed by atoms with Crippen LogP contribution in [0.4, 0.5) is 26.3 Å². The predicted molar refractivity (Wildman–Crippen MR) is 99.9 cm³/mol. The molecule has 1 amide bonds. The number of carbonyl (C=O) groups excluding carboxylic acids is 1. The molecule has 0 aliphatic heterocycles. The molecule has 0 aliphatic rings. The first-order valence-electron chi connectivity index (χ1n) is 8.90. The molecule has 0 aliphatic carbocycles. The Morgan fingerprint density at radius 2 is 1.71 bits per heavy atom. The molecule has 10 nitrogen and oxygen atoms in total. The van der Waals surface area contributed by atoms with Gasteiger partial charge in [0.15, 0.2) is 5.82 Å². The van der Waals surface area contributed by atoms with Crippen LogP contribution in [-0.2, 0) is 16.3 Å². The summed E-state index contributed by atoms with van der Waals surface area (Å²) in [5.74, 6) is -2.41. The molecule has 1 atom stereocenters. The van der Waals surface area contributed by atoms with E-state index in [2.05, 4.69) is 29.6 Å². The summed E-state index contributed by atoms with van der Waals surface area (Å²) in [6.45, 7) is 1.39. The number of benzene rings is 1. The Labute approximate surface area is 186 Å². The van der Waals surface area contributed by atoms with Gasteiger partial charge in [0.25, 0.3) is 11.9 Å². The van der Waals surface area contributed by atoms with E-state index in [4.69, 9.17) is 0 Å². The summed E-state index contributed by atoms with van der Waals surface area (Å²) in [5.41, 5.74) is -8.33. The van der Waals surface area contributed by atoms with E-state index in [1.807, 2.05) is 0 Å². The molecule has 2 aromatic heterocycles. The Bertz CT molecular complexity index is 1290. The second-order valence-electron chi connectivity index (χ2n) is 6.50. The van der Waals surface area contributed by atoms with Gasteiger partial charge in [-0.25, -0.2) is 15.0 Å². The molecule has 1 aromatic carbocycles. The minimum atomic E-state index is -6.28. The van der Waals surface area contributed by atoms with Crippen LogP contribution in [0.15, 0.2) is 43.0 Å². The van der Waals surface area contributed by atoms with E-state index in [1.54, 1.807) is 0 Å². The van der Waals surface area contributed by atoms with Crippen molar-refractivity contribution in [2.45, 2.75) is 24.7 Å². The van der Waals surface area contributed by atoms with E-state index < -0.39 is 50.6 Å². The fraction of sp³-hybridized carbons (Fsp3) is 0.235. The largest absolute Gasteiger partial charge is 0.534 e. The van der Waals surface area contributed by atoms with E-state index in [-0.39, 0.29) is 17.8 Å². The molecule has 0 unspecified atom stereocenters. The highest BCUT2D eigenvalue weighted by atomic mass is 32.2. The number of hydrogen-bond donors (Lipinski definition) is 1. The van der Waals surface area contributed by atoms with Crippen LogP contribution in [0.5, 0.6) is 5.75 Å². The molecule has 0 bridgehead atoms. The molecule has 0 saturated heterocycles. The molecular formula is C17H12F6N6O4S. The van der Waals surface area contributed by atoms with Crippen LogP contribution in [0.25, 0.3) is 5.95 Å². The highest BCUT2D eigenvalue weighted by Gasteiger charge is 2.49. The standard InChI is InChI=1S/C17H12F6N6O4S/c1-9(13-26-8-27-29(13)15-24-3-2-4-25-15)28-14(30)10-5-11(16(18,19)20)7-12(6-10)33-34(31,32)17(21,22)23/h2-9H,1H3,(H,28,30)/t9-/m1/s1. The lowest BCUT2D eigenvalue weighted by molar-refractivity contribution is -0.137. The van der Waals surface area contributed by atoms with E-state index in [1.165, 1.54) is 25.4 Å². The highest BCUT2D eigenvalue weighted by Crippen LogP contribution is 2.35. The fourth-order valence-electron chi connectivity index (χ4n) is 2.56. The maximum absolute atomic E-state index is 13.2. The lowest BCUT2D eigenvalue weighted by Gasteiger charge is -2.16. The summed E-state index contributed by atoms with van der Waals surface area (Å²) in [4.78, 5) is 24.4. The van der Waals surface area contributed by atoms with Gasteiger partial charge in [-0.05, 0) is 31.2 Å². The third-order valence-corrected chi connectivity index (χ3v) is 5.01. The smallest absolute Gasteiger partial charge is 0.376 e. The van der Waals surface area contributed by atoms with E-state index in [0.717, 1.165) is 11.0 Å². The molecule has 2 heterocycles. The maximum Gasteiger partial charge on any atom is 0.534 e. The summed E-state index contributed by atoms with van der Waals surface area (Å²) in [6.07, 6.45) is -1.23. The Morgan fingerprint density at radius 3 is 2.29 bits per heavy atom. The number of aromatic nitrogens is 5. The number of amides is 1. The van der Waals surface area contributed by atoms with Crippen molar-refractivity contribution in [3.05, 3.63) is 59.9 Å². The van der Waals surface area contributed by atoms with Crippen LogP contribution in [-0.4, -0.2) is 44.6 Å². The van der Waals surface area contributed by atoms with Gasteiger partial charge in [-0.2, -0.15) is 44.5 Å². The van der Waals surface area contributed by atoms with Crippen molar-refractivity contribution in [1.29, 1.82) is 0 Å². The van der Waals surface area contributed by atoms with Crippen LogP contribution in [0.3, 0.4) is 0 Å². The molecule has 3 rings (SSSR count). The fourth-order valence-corrected chi connectivity index (χ4v) is 3.00. The SMILES string of the molecule is C[C@@H](NC(=O)c1cc(OS(=O)(=O)C(F)(F)F)cc(C(F)(F)F)c1)c1ncnn1-c1ncccn1. The van der Waals surface area contributed by atoms with Gasteiger partial charge >= 0.3 is 21.8 Å². The van der Waals surface area contributed by atoms with Gasteiger partial charge in [-0.15, -0.1) is 0 Å². The first-order valence-corrected chi connectivity index (χ1v) is 10.3. The van der Waals surface area contributed by atoms with Crippen molar-refractivity contribution in [2.24, 2.45) is 0 Å². The molecule has 182 valence electrons. The van der Waals surface area contributed by atoms with E-state index in [9.17, 15) is 39.6 Å². The number of halogens is 6. The number of rotatable bonds is 6. The zero-order chi connectivity index (χ0) is 25.3. The lowest BCUT2D eigenvalue weighted by atomic mass is 10.1. The monoisotopic (exact) mass is 510 g/mol. The van der Waals surface area contributed by atoms with Gasteiger partial charge < -0.3 is 9.50 Å². The molecule has 17 heteroatoms. The molecule has 0 fully saturated rings. The number of nitrogens with one attached hydrogen (secondary N) is 1. The van der Waals surface area contributed by atoms with Crippen LogP contribution in [0.2, 0.25) is 0 Å². The zero-order valence-corrected chi connectivity index (χ0v) is 17.5. The van der Waals surface area contributed by atoms with Crippen LogP contribution in [0, 0.1) is 0 Å². The van der Waals surface area contributed by atoms with Crippen molar-refractivity contribution in [1.82, 2.24) is 30.0 Å². The molecule has 0 saturated carbocycles. The predicted octanol–water partition coefficient (Wildman–Crippen LogP) is 2.80. The number of carbonyl (C=O) groups is 1. The molecular weight excluding hydrogens is 498 g/mol. The summed E-state index contributed by atoms with van der Waals surface area (Å²) in [5, 5.41) is 6.19. The molecule has 34 heavy (non-hydrogen) atoms. The normalized spacial score (nSPS) is 13.4. The number of alkyl halides is 6. The topological polar surface area (TPSA) is 129 Å². The minimum absolute atomic E-state index is 0.0207. The number of nitrogens with zero attached hydrogens (tertiary/aromatic N) is 5. The third-order valence-electron chi connectivity index (χ3n) is 4.04. The van der Waals surface area contributed by atoms with Crippen molar-refractivity contribution >= 4 is 16.0 Å². The van der Waals surface area contributed by atoms with Crippen molar-refractivity contribution in [3.8, 4) is 11.7 Å². The first kappa shape index (κ1) is 24.9. The van der Waals surface area contributed by atoms with Gasteiger partial charge in [0.2, 0.25) is 0 Å². The molecule has 0 radical (unpaired) electrons. The summed E-state index contributed by atoms with van der Waals surface area (Å²) in [6, 6.07) is 1.28. The Hall–Kier alpha value is -3.76. The molecule has 3 aromatic rings. The van der Waals surface area contributed by atoms with Gasteiger partial charge in [0, 0.05) is 18.0 Å². The Morgan fingerprint density at radius 1 is 1.06 bits per heavy atom. The second kappa shape index (κ2) is 8.88. The second-order valence-corrected chi connectivity index (χ2v) is 8.04. The van der Waals surface area contributed by atoms with Crippen molar-refractivity contribution < 1.29 is 43.7 Å². The van der Waals surface area contributed by atoms with E-state index in [0.29, 0.717) is 12.1 Å². The molecule has 1 N–H and O–H groups in total. The summed E-state index contributed by atoms with van der Waals surface area (Å²) in [7, 11) is -6.28. The van der Waals surface area contributed by atoms with Crippen molar-refractivity contribution in [2.75, 3.05) is 0 Å². The van der Waals surface area contributed by atoms with Gasteiger partial charge in [-0.1, -0.05) is 0 Å². The Kier molecular flexibility index (Phi) is 6.50. The summed E-state index contributed by atoms with van der Waals surface area (Å²) < 4.78 is 105. The first-order chi connectivity index (χ1) is 15.7. The summed E-state index contributed by atoms with van der Waals surface area (Å²) >= 11 is 0. The molecule has 0 spiro atoms. The quantitative estimate of drug-likeness (QED) is 0.305. The lowest BCUT2D eigenvalue weighted by Crippen LogP contribution is -2.30. The minimum Gasteiger partial charge on any atom is -0.376 e. The van der Waals surface area contributed by atoms with Gasteiger partial charge in [-0.3, -0.25) is 4.79 Å². The number of hydrogen-bond acceptors (Lipinski definition) is 8. The maximum atomic E-state index is 13.2.